The third-order valence-corrected chi connectivity index (χ3v) is 4.71. The van der Waals surface area contributed by atoms with E-state index in [1.54, 1.807) is 11.8 Å². The minimum Gasteiger partial charge on any atom is -0.415 e. The van der Waals surface area contributed by atoms with Crippen LogP contribution in [0.3, 0.4) is 0 Å². The van der Waals surface area contributed by atoms with Crippen LogP contribution in [0, 0.1) is 5.92 Å². The molecule has 2 rings (SSSR count). The number of aromatic nitrogens is 2. The van der Waals surface area contributed by atoms with Crippen molar-refractivity contribution in [1.29, 1.82) is 0 Å². The molecule has 1 aliphatic rings. The molecule has 0 aromatic carbocycles. The van der Waals surface area contributed by atoms with Gasteiger partial charge in [-0.05, 0) is 25.0 Å². The Bertz CT molecular complexity index is 420. The zero-order chi connectivity index (χ0) is 14.2. The van der Waals surface area contributed by atoms with Crippen molar-refractivity contribution in [3.05, 3.63) is 5.89 Å². The van der Waals surface area contributed by atoms with Crippen LogP contribution in [-0.4, -0.2) is 34.7 Å². The topological polar surface area (TPSA) is 68.0 Å². The van der Waals surface area contributed by atoms with Crippen molar-refractivity contribution in [2.75, 3.05) is 18.6 Å². The summed E-state index contributed by atoms with van der Waals surface area (Å²) in [6.45, 7) is 0.806. The van der Waals surface area contributed by atoms with E-state index in [-0.39, 0.29) is 5.91 Å². The number of nitrogens with one attached hydrogen (secondary N) is 1. The summed E-state index contributed by atoms with van der Waals surface area (Å²) in [7, 11) is 0. The van der Waals surface area contributed by atoms with E-state index in [0.29, 0.717) is 28.5 Å². The molecular formula is C13H21N3O2S2. The number of hydrogen-bond acceptors (Lipinski definition) is 6. The Balaban J connectivity index is 1.63. The molecule has 0 radical (unpaired) electrons. The van der Waals surface area contributed by atoms with Crippen LogP contribution in [0.1, 0.15) is 38.0 Å². The molecule has 1 saturated carbocycles. The lowest BCUT2D eigenvalue weighted by atomic mass is 9.89. The number of hydrogen-bond donors (Lipinski definition) is 1. The van der Waals surface area contributed by atoms with Crippen LogP contribution in [0.2, 0.25) is 0 Å². The first kappa shape index (κ1) is 15.7. The van der Waals surface area contributed by atoms with Crippen molar-refractivity contribution in [1.82, 2.24) is 15.5 Å². The second-order valence-corrected chi connectivity index (χ2v) is 6.78. The third kappa shape index (κ3) is 5.36. The Kier molecular flexibility index (Phi) is 6.72. The van der Waals surface area contributed by atoms with Gasteiger partial charge >= 0.3 is 0 Å². The zero-order valence-electron chi connectivity index (χ0n) is 11.8. The van der Waals surface area contributed by atoms with Crippen LogP contribution >= 0.6 is 23.5 Å². The second-order valence-electron chi connectivity index (χ2n) is 4.99. The molecule has 1 aliphatic carbocycles. The highest BCUT2D eigenvalue weighted by atomic mass is 32.2. The number of carbonyl (C=O) groups excluding carboxylic acids is 1. The maximum absolute atomic E-state index is 11.8. The van der Waals surface area contributed by atoms with Crippen LogP contribution in [-0.2, 0) is 10.5 Å². The van der Waals surface area contributed by atoms with Gasteiger partial charge in [0, 0.05) is 6.54 Å². The first-order valence-electron chi connectivity index (χ1n) is 6.98. The molecule has 1 amide bonds. The van der Waals surface area contributed by atoms with Crippen molar-refractivity contribution in [3.63, 3.8) is 0 Å². The van der Waals surface area contributed by atoms with Crippen molar-refractivity contribution >= 4 is 29.4 Å². The molecule has 112 valence electrons. The zero-order valence-corrected chi connectivity index (χ0v) is 13.4. The molecule has 1 fully saturated rings. The molecule has 0 unspecified atom stereocenters. The number of thioether (sulfide) groups is 2. The largest absolute Gasteiger partial charge is 0.415 e. The van der Waals surface area contributed by atoms with Crippen LogP contribution in [0.25, 0.3) is 0 Å². The Morgan fingerprint density at radius 2 is 2.15 bits per heavy atom. The quantitative estimate of drug-likeness (QED) is 0.780. The van der Waals surface area contributed by atoms with Gasteiger partial charge in [-0.15, -0.1) is 10.2 Å². The Morgan fingerprint density at radius 3 is 2.90 bits per heavy atom. The van der Waals surface area contributed by atoms with E-state index >= 15 is 0 Å². The van der Waals surface area contributed by atoms with E-state index in [1.165, 1.54) is 43.9 Å². The SMILES string of the molecule is CSCc1nnc(SCC(=O)NCC2CCCCC2)o1. The normalized spacial score (nSPS) is 16.2. The molecule has 0 saturated heterocycles. The van der Waals surface area contributed by atoms with Gasteiger partial charge in [-0.25, -0.2) is 0 Å². The van der Waals surface area contributed by atoms with Gasteiger partial charge in [0.1, 0.15) is 0 Å². The maximum atomic E-state index is 11.8. The van der Waals surface area contributed by atoms with E-state index in [1.807, 2.05) is 6.26 Å². The average Bonchev–Trinajstić information content (AvgIpc) is 2.92. The molecule has 0 bridgehead atoms. The molecule has 0 spiro atoms. The predicted octanol–water partition coefficient (Wildman–Crippen LogP) is 2.72. The molecule has 1 aromatic heterocycles. The predicted molar refractivity (Wildman–Crippen MR) is 81.8 cm³/mol. The summed E-state index contributed by atoms with van der Waals surface area (Å²) >= 11 is 2.93. The van der Waals surface area contributed by atoms with Crippen molar-refractivity contribution in [2.24, 2.45) is 5.92 Å². The second kappa shape index (κ2) is 8.56. The number of nitrogens with zero attached hydrogens (tertiary/aromatic N) is 2. The van der Waals surface area contributed by atoms with Gasteiger partial charge in [0.25, 0.3) is 5.22 Å². The molecule has 20 heavy (non-hydrogen) atoms. The van der Waals surface area contributed by atoms with Gasteiger partial charge in [0.05, 0.1) is 11.5 Å². The van der Waals surface area contributed by atoms with Gasteiger partial charge in [-0.2, -0.15) is 11.8 Å². The van der Waals surface area contributed by atoms with Crippen LogP contribution in [0.4, 0.5) is 0 Å². The summed E-state index contributed by atoms with van der Waals surface area (Å²) in [4.78, 5) is 11.8. The molecule has 7 heteroatoms. The van der Waals surface area contributed by atoms with Gasteiger partial charge in [0.15, 0.2) is 0 Å². The van der Waals surface area contributed by atoms with Crippen molar-refractivity contribution in [3.8, 4) is 0 Å². The molecule has 1 N–H and O–H groups in total. The Morgan fingerprint density at radius 1 is 1.35 bits per heavy atom. The molecule has 1 heterocycles. The molecule has 0 aliphatic heterocycles. The minimum absolute atomic E-state index is 0.0465. The fraction of sp³-hybridized carbons (Fsp3) is 0.769. The summed E-state index contributed by atoms with van der Waals surface area (Å²) in [5.74, 6) is 2.37. The summed E-state index contributed by atoms with van der Waals surface area (Å²) in [6.07, 6.45) is 8.42. The highest BCUT2D eigenvalue weighted by Crippen LogP contribution is 2.23. The molecule has 5 nitrogen and oxygen atoms in total. The van der Waals surface area contributed by atoms with E-state index in [2.05, 4.69) is 15.5 Å². The smallest absolute Gasteiger partial charge is 0.277 e. The average molecular weight is 315 g/mol. The first-order valence-corrected chi connectivity index (χ1v) is 9.36. The van der Waals surface area contributed by atoms with E-state index in [9.17, 15) is 4.79 Å². The summed E-state index contributed by atoms with van der Waals surface area (Å²) in [5, 5.41) is 11.3. The van der Waals surface area contributed by atoms with E-state index in [4.69, 9.17) is 4.42 Å². The fourth-order valence-corrected chi connectivity index (χ4v) is 3.28. The molecular weight excluding hydrogens is 294 g/mol. The number of carbonyl (C=O) groups is 1. The van der Waals surface area contributed by atoms with Gasteiger partial charge in [-0.3, -0.25) is 4.79 Å². The lowest BCUT2D eigenvalue weighted by Crippen LogP contribution is -2.31. The number of rotatable bonds is 7. The van der Waals surface area contributed by atoms with Gasteiger partial charge < -0.3 is 9.73 Å². The highest BCUT2D eigenvalue weighted by molar-refractivity contribution is 7.99. The lowest BCUT2D eigenvalue weighted by molar-refractivity contribution is -0.118. The Labute approximate surface area is 128 Å². The summed E-state index contributed by atoms with van der Waals surface area (Å²) in [6, 6.07) is 0. The highest BCUT2D eigenvalue weighted by Gasteiger charge is 2.15. The number of amides is 1. The fourth-order valence-electron chi connectivity index (χ4n) is 2.31. The van der Waals surface area contributed by atoms with Crippen LogP contribution in [0.15, 0.2) is 9.64 Å². The van der Waals surface area contributed by atoms with Crippen LogP contribution in [0.5, 0.6) is 0 Å². The van der Waals surface area contributed by atoms with E-state index < -0.39 is 0 Å². The lowest BCUT2D eigenvalue weighted by Gasteiger charge is -2.21. The maximum Gasteiger partial charge on any atom is 0.277 e. The van der Waals surface area contributed by atoms with Gasteiger partial charge in [0.2, 0.25) is 11.8 Å². The first-order chi connectivity index (χ1) is 9.78. The molecule has 1 aromatic rings. The third-order valence-electron chi connectivity index (χ3n) is 3.36. The minimum atomic E-state index is 0.0465. The standard InChI is InChI=1S/C13H21N3O2S2/c1-19-9-12-15-16-13(18-12)20-8-11(17)14-7-10-5-3-2-4-6-10/h10H,2-9H2,1H3,(H,14,17). The van der Waals surface area contributed by atoms with Gasteiger partial charge in [-0.1, -0.05) is 31.0 Å². The summed E-state index contributed by atoms with van der Waals surface area (Å²) in [5.41, 5.74) is 0. The summed E-state index contributed by atoms with van der Waals surface area (Å²) < 4.78 is 5.41. The van der Waals surface area contributed by atoms with Crippen LogP contribution < -0.4 is 5.32 Å². The monoisotopic (exact) mass is 315 g/mol. The van der Waals surface area contributed by atoms with Crippen molar-refractivity contribution < 1.29 is 9.21 Å². The molecule has 0 atom stereocenters. The Hall–Kier alpha value is -0.690. The van der Waals surface area contributed by atoms with Crippen molar-refractivity contribution in [2.45, 2.75) is 43.1 Å². The van der Waals surface area contributed by atoms with E-state index in [0.717, 1.165) is 6.54 Å².